The summed E-state index contributed by atoms with van der Waals surface area (Å²) in [7, 11) is 0. The highest BCUT2D eigenvalue weighted by molar-refractivity contribution is 5.15. The van der Waals surface area contributed by atoms with E-state index >= 15 is 0 Å². The summed E-state index contributed by atoms with van der Waals surface area (Å²) in [6.07, 6.45) is 0.421. The zero-order valence-electron chi connectivity index (χ0n) is 18.6. The molecule has 0 amide bonds. The lowest BCUT2D eigenvalue weighted by atomic mass is 9.98. The molecule has 0 N–H and O–H groups in total. The molecular formula is C28H32O4. The largest absolute Gasteiger partial charge is 0.374 e. The predicted octanol–water partition coefficient (Wildman–Crippen LogP) is 5.55. The number of benzene rings is 3. The maximum absolute atomic E-state index is 6.40. The lowest BCUT2D eigenvalue weighted by Crippen LogP contribution is -2.51. The molecular weight excluding hydrogens is 400 g/mol. The second kappa shape index (κ2) is 11.9. The van der Waals surface area contributed by atoms with Crippen molar-refractivity contribution in [1.82, 2.24) is 0 Å². The fraction of sp³-hybridized carbons (Fsp3) is 0.357. The number of hydrogen-bond donors (Lipinski definition) is 0. The van der Waals surface area contributed by atoms with Crippen molar-refractivity contribution in [2.75, 3.05) is 6.61 Å². The average molecular weight is 433 g/mol. The van der Waals surface area contributed by atoms with Crippen LogP contribution in [0, 0.1) is 0 Å². The van der Waals surface area contributed by atoms with Crippen molar-refractivity contribution in [2.24, 2.45) is 0 Å². The molecule has 0 aliphatic carbocycles. The van der Waals surface area contributed by atoms with Gasteiger partial charge in [0, 0.05) is 6.42 Å². The molecule has 4 nitrogen and oxygen atoms in total. The van der Waals surface area contributed by atoms with Crippen LogP contribution in [0.1, 0.15) is 30.0 Å². The Labute approximate surface area is 191 Å². The molecule has 0 aromatic heterocycles. The number of ether oxygens (including phenoxy) is 4. The highest BCUT2D eigenvalue weighted by Gasteiger charge is 2.39. The number of hydrogen-bond acceptors (Lipinski definition) is 4. The van der Waals surface area contributed by atoms with Crippen LogP contribution in [0.3, 0.4) is 0 Å². The van der Waals surface area contributed by atoms with Crippen LogP contribution in [0.25, 0.3) is 0 Å². The topological polar surface area (TPSA) is 36.9 Å². The zero-order valence-corrected chi connectivity index (χ0v) is 18.6. The van der Waals surface area contributed by atoms with Crippen LogP contribution in [-0.4, -0.2) is 31.0 Å². The molecule has 0 unspecified atom stereocenters. The van der Waals surface area contributed by atoms with Crippen molar-refractivity contribution in [3.63, 3.8) is 0 Å². The smallest absolute Gasteiger partial charge is 0.113 e. The van der Waals surface area contributed by atoms with Gasteiger partial charge in [-0.05, 0) is 23.6 Å². The first-order valence-electron chi connectivity index (χ1n) is 11.4. The molecule has 4 atom stereocenters. The first kappa shape index (κ1) is 22.7. The molecule has 3 aromatic rings. The van der Waals surface area contributed by atoms with E-state index in [-0.39, 0.29) is 24.4 Å². The SMILES string of the molecule is C[C@H]1C[C@@H](OCc2ccccc2)[C@@H](OCc2ccccc2)[C@@H](COCc2ccccc2)O1. The van der Waals surface area contributed by atoms with E-state index in [1.54, 1.807) is 0 Å². The van der Waals surface area contributed by atoms with Gasteiger partial charge in [-0.1, -0.05) is 91.0 Å². The molecule has 3 aromatic carbocycles. The maximum Gasteiger partial charge on any atom is 0.113 e. The molecule has 1 fully saturated rings. The second-order valence-corrected chi connectivity index (χ2v) is 8.32. The molecule has 0 spiro atoms. The van der Waals surface area contributed by atoms with Gasteiger partial charge in [0.2, 0.25) is 0 Å². The third kappa shape index (κ3) is 6.75. The minimum absolute atomic E-state index is 0.0620. The van der Waals surface area contributed by atoms with Crippen LogP contribution in [0.2, 0.25) is 0 Å². The van der Waals surface area contributed by atoms with Gasteiger partial charge in [-0.3, -0.25) is 0 Å². The summed E-state index contributed by atoms with van der Waals surface area (Å²) >= 11 is 0. The Morgan fingerprint density at radius 1 is 0.688 bits per heavy atom. The van der Waals surface area contributed by atoms with Gasteiger partial charge in [-0.2, -0.15) is 0 Å². The van der Waals surface area contributed by atoms with Crippen LogP contribution >= 0.6 is 0 Å². The van der Waals surface area contributed by atoms with Gasteiger partial charge in [0.1, 0.15) is 12.2 Å². The molecule has 4 heteroatoms. The Hall–Kier alpha value is -2.50. The van der Waals surface area contributed by atoms with E-state index in [1.165, 1.54) is 0 Å². The summed E-state index contributed by atoms with van der Waals surface area (Å²) in [6.45, 7) is 4.18. The van der Waals surface area contributed by atoms with Crippen LogP contribution < -0.4 is 0 Å². The minimum Gasteiger partial charge on any atom is -0.374 e. The van der Waals surface area contributed by atoms with Crippen molar-refractivity contribution in [3.05, 3.63) is 108 Å². The molecule has 32 heavy (non-hydrogen) atoms. The molecule has 1 aliphatic rings. The third-order valence-electron chi connectivity index (χ3n) is 5.69. The van der Waals surface area contributed by atoms with Gasteiger partial charge in [-0.15, -0.1) is 0 Å². The molecule has 1 aliphatic heterocycles. The highest BCUT2D eigenvalue weighted by Crippen LogP contribution is 2.27. The average Bonchev–Trinajstić information content (AvgIpc) is 2.84. The summed E-state index contributed by atoms with van der Waals surface area (Å²) in [5.41, 5.74) is 3.44. The Bertz CT molecular complexity index is 900. The van der Waals surface area contributed by atoms with Gasteiger partial charge in [0.05, 0.1) is 38.6 Å². The van der Waals surface area contributed by atoms with E-state index in [1.807, 2.05) is 54.6 Å². The highest BCUT2D eigenvalue weighted by atomic mass is 16.6. The van der Waals surface area contributed by atoms with E-state index in [0.29, 0.717) is 26.4 Å². The summed E-state index contributed by atoms with van der Waals surface area (Å²) < 4.78 is 25.1. The second-order valence-electron chi connectivity index (χ2n) is 8.32. The van der Waals surface area contributed by atoms with E-state index < -0.39 is 0 Å². The van der Waals surface area contributed by atoms with Gasteiger partial charge in [-0.25, -0.2) is 0 Å². The van der Waals surface area contributed by atoms with Crippen LogP contribution in [0.15, 0.2) is 91.0 Å². The summed E-state index contributed by atoms with van der Waals surface area (Å²) in [6, 6.07) is 30.7. The van der Waals surface area contributed by atoms with Gasteiger partial charge in [0.15, 0.2) is 0 Å². The standard InChI is InChI=1S/C28H32O4/c1-22-17-26(30-19-24-13-7-3-8-14-24)28(31-20-25-15-9-4-10-16-25)27(32-22)21-29-18-23-11-5-2-6-12-23/h2-16,22,26-28H,17-21H2,1H3/t22-,26+,27+,28+/m0/s1. The number of rotatable bonds is 10. The van der Waals surface area contributed by atoms with E-state index in [2.05, 4.69) is 43.3 Å². The summed E-state index contributed by atoms with van der Waals surface area (Å²) in [5, 5.41) is 0. The van der Waals surface area contributed by atoms with Crippen molar-refractivity contribution in [1.29, 1.82) is 0 Å². The lowest BCUT2D eigenvalue weighted by molar-refractivity contribution is -0.217. The Kier molecular flexibility index (Phi) is 8.46. The Morgan fingerprint density at radius 2 is 1.19 bits per heavy atom. The van der Waals surface area contributed by atoms with Crippen LogP contribution in [-0.2, 0) is 38.8 Å². The van der Waals surface area contributed by atoms with Crippen molar-refractivity contribution in [2.45, 2.75) is 57.6 Å². The summed E-state index contributed by atoms with van der Waals surface area (Å²) in [4.78, 5) is 0. The third-order valence-corrected chi connectivity index (χ3v) is 5.69. The fourth-order valence-electron chi connectivity index (χ4n) is 4.06. The quantitative estimate of drug-likeness (QED) is 0.421. The molecule has 168 valence electrons. The van der Waals surface area contributed by atoms with Gasteiger partial charge < -0.3 is 18.9 Å². The monoisotopic (exact) mass is 432 g/mol. The summed E-state index contributed by atoms with van der Waals surface area (Å²) in [5.74, 6) is 0. The molecule has 0 radical (unpaired) electrons. The van der Waals surface area contributed by atoms with Crippen molar-refractivity contribution >= 4 is 0 Å². The fourth-order valence-corrected chi connectivity index (χ4v) is 4.06. The first-order chi connectivity index (χ1) is 15.8. The van der Waals surface area contributed by atoms with E-state index in [0.717, 1.165) is 23.1 Å². The molecule has 0 bridgehead atoms. The van der Waals surface area contributed by atoms with E-state index in [9.17, 15) is 0 Å². The molecule has 0 saturated carbocycles. The predicted molar refractivity (Wildman–Crippen MR) is 125 cm³/mol. The molecule has 4 rings (SSSR count). The van der Waals surface area contributed by atoms with Gasteiger partial charge >= 0.3 is 0 Å². The Balaban J connectivity index is 1.42. The minimum atomic E-state index is -0.203. The maximum atomic E-state index is 6.40. The lowest BCUT2D eigenvalue weighted by Gasteiger charge is -2.40. The van der Waals surface area contributed by atoms with E-state index in [4.69, 9.17) is 18.9 Å². The molecule has 1 saturated heterocycles. The Morgan fingerprint density at radius 3 is 1.75 bits per heavy atom. The van der Waals surface area contributed by atoms with Gasteiger partial charge in [0.25, 0.3) is 0 Å². The van der Waals surface area contributed by atoms with Crippen LogP contribution in [0.4, 0.5) is 0 Å². The normalized spacial score (nSPS) is 23.2. The zero-order chi connectivity index (χ0) is 22.0. The van der Waals surface area contributed by atoms with Crippen molar-refractivity contribution < 1.29 is 18.9 Å². The first-order valence-corrected chi connectivity index (χ1v) is 11.4. The van der Waals surface area contributed by atoms with Crippen LogP contribution in [0.5, 0.6) is 0 Å². The van der Waals surface area contributed by atoms with Crippen molar-refractivity contribution in [3.8, 4) is 0 Å². The molecule has 1 heterocycles.